The highest BCUT2D eigenvalue weighted by atomic mass is 35.5. The Labute approximate surface area is 106 Å². The van der Waals surface area contributed by atoms with Crippen molar-refractivity contribution in [2.75, 3.05) is 18.8 Å². The molecule has 2 N–H and O–H groups in total. The number of hydrogen-bond acceptors (Lipinski definition) is 3. The molecule has 0 saturated carbocycles. The average Bonchev–Trinajstić information content (AvgIpc) is 2.61. The zero-order valence-electron chi connectivity index (χ0n) is 10.0. The molecule has 1 aliphatic rings. The second-order valence-corrected chi connectivity index (χ2v) is 5.61. The van der Waals surface area contributed by atoms with Gasteiger partial charge in [-0.3, -0.25) is 4.79 Å². The maximum Gasteiger partial charge on any atom is 0.257 e. The molecule has 0 spiro atoms. The second-order valence-electron chi connectivity index (χ2n) is 5.25. The van der Waals surface area contributed by atoms with E-state index in [4.69, 9.17) is 17.3 Å². The second kappa shape index (κ2) is 4.18. The average molecular weight is 254 g/mol. The number of rotatable bonds is 1. The molecule has 5 heteroatoms. The van der Waals surface area contributed by atoms with Crippen LogP contribution in [0, 0.1) is 5.41 Å². The van der Waals surface area contributed by atoms with E-state index in [1.54, 1.807) is 6.07 Å². The monoisotopic (exact) mass is 253 g/mol. The molecule has 2 rings (SSSR count). The zero-order chi connectivity index (χ0) is 12.6. The summed E-state index contributed by atoms with van der Waals surface area (Å²) >= 11 is 5.93. The molecule has 4 nitrogen and oxygen atoms in total. The Bertz CT molecular complexity index is 459. The predicted octanol–water partition coefficient (Wildman–Crippen LogP) is 2.19. The number of nitrogens with two attached hydrogens (primary N) is 1. The molecule has 1 aromatic rings. The fraction of sp³-hybridized carbons (Fsp3) is 0.500. The fourth-order valence-electron chi connectivity index (χ4n) is 2.07. The number of likely N-dealkylation sites (tertiary alicyclic amines) is 1. The summed E-state index contributed by atoms with van der Waals surface area (Å²) < 4.78 is 0. The van der Waals surface area contributed by atoms with Crippen LogP contribution in [0.5, 0.6) is 0 Å². The maximum absolute atomic E-state index is 12.3. The number of aromatic nitrogens is 1. The van der Waals surface area contributed by atoms with Gasteiger partial charge in [0.15, 0.2) is 0 Å². The van der Waals surface area contributed by atoms with Crippen LogP contribution in [-0.2, 0) is 0 Å². The van der Waals surface area contributed by atoms with Crippen LogP contribution in [0.1, 0.15) is 30.6 Å². The van der Waals surface area contributed by atoms with Crippen LogP contribution in [0.15, 0.2) is 12.3 Å². The highest BCUT2D eigenvalue weighted by Crippen LogP contribution is 2.30. The SMILES string of the molecule is CC1(C)CCN(C(=O)c2cc(N)cnc2Cl)C1. The van der Waals surface area contributed by atoms with Crippen LogP contribution in [-0.4, -0.2) is 28.9 Å². The summed E-state index contributed by atoms with van der Waals surface area (Å²) in [6.07, 6.45) is 2.46. The third-order valence-corrected chi connectivity index (χ3v) is 3.36. The van der Waals surface area contributed by atoms with Crippen molar-refractivity contribution in [3.05, 3.63) is 23.0 Å². The third-order valence-electron chi connectivity index (χ3n) is 3.06. The van der Waals surface area contributed by atoms with E-state index in [0.29, 0.717) is 11.3 Å². The molecule has 0 unspecified atom stereocenters. The number of hydrogen-bond donors (Lipinski definition) is 1. The van der Waals surface area contributed by atoms with Gasteiger partial charge in [0.25, 0.3) is 5.91 Å². The molecular weight excluding hydrogens is 238 g/mol. The van der Waals surface area contributed by atoms with Gasteiger partial charge in [-0.1, -0.05) is 25.4 Å². The molecule has 0 bridgehead atoms. The molecule has 1 amide bonds. The van der Waals surface area contributed by atoms with Crippen LogP contribution in [0.3, 0.4) is 0 Å². The molecular formula is C12H16ClN3O. The molecule has 0 aliphatic carbocycles. The number of pyridine rings is 1. The van der Waals surface area contributed by atoms with Gasteiger partial charge in [0.1, 0.15) is 5.15 Å². The summed E-state index contributed by atoms with van der Waals surface area (Å²) in [5.74, 6) is -0.0830. The first kappa shape index (κ1) is 12.2. The van der Waals surface area contributed by atoms with Gasteiger partial charge in [-0.2, -0.15) is 0 Å². The van der Waals surface area contributed by atoms with Crippen molar-refractivity contribution in [1.82, 2.24) is 9.88 Å². The molecule has 2 heterocycles. The van der Waals surface area contributed by atoms with E-state index in [1.165, 1.54) is 6.20 Å². The minimum absolute atomic E-state index is 0.0830. The Morgan fingerprint density at radius 3 is 2.88 bits per heavy atom. The number of nitrogen functional groups attached to an aromatic ring is 1. The van der Waals surface area contributed by atoms with E-state index in [2.05, 4.69) is 18.8 Å². The molecule has 92 valence electrons. The molecule has 0 aromatic carbocycles. The molecule has 0 atom stereocenters. The van der Waals surface area contributed by atoms with E-state index >= 15 is 0 Å². The number of carbonyl (C=O) groups is 1. The van der Waals surface area contributed by atoms with Crippen molar-refractivity contribution in [3.8, 4) is 0 Å². The van der Waals surface area contributed by atoms with E-state index < -0.39 is 0 Å². The summed E-state index contributed by atoms with van der Waals surface area (Å²) in [6, 6.07) is 1.59. The smallest absolute Gasteiger partial charge is 0.257 e. The quantitative estimate of drug-likeness (QED) is 0.781. The zero-order valence-corrected chi connectivity index (χ0v) is 10.8. The summed E-state index contributed by atoms with van der Waals surface area (Å²) in [4.78, 5) is 18.0. The number of amides is 1. The summed E-state index contributed by atoms with van der Waals surface area (Å²) in [7, 11) is 0. The van der Waals surface area contributed by atoms with Crippen molar-refractivity contribution in [2.24, 2.45) is 5.41 Å². The predicted molar refractivity (Wildman–Crippen MR) is 68.0 cm³/mol. The summed E-state index contributed by atoms with van der Waals surface area (Å²) in [5.41, 5.74) is 6.65. The lowest BCUT2D eigenvalue weighted by molar-refractivity contribution is 0.0778. The van der Waals surface area contributed by atoms with Crippen molar-refractivity contribution in [2.45, 2.75) is 20.3 Å². The third kappa shape index (κ3) is 2.52. The van der Waals surface area contributed by atoms with Gasteiger partial charge in [0.2, 0.25) is 0 Å². The standard InChI is InChI=1S/C12H16ClN3O/c1-12(2)3-4-16(7-12)11(17)9-5-8(14)6-15-10(9)13/h5-6H,3-4,7,14H2,1-2H3. The normalized spacial score (nSPS) is 18.4. The van der Waals surface area contributed by atoms with Gasteiger partial charge in [0.05, 0.1) is 17.4 Å². The molecule has 1 aromatic heterocycles. The Morgan fingerprint density at radius 1 is 1.59 bits per heavy atom. The highest BCUT2D eigenvalue weighted by Gasteiger charge is 2.33. The summed E-state index contributed by atoms with van der Waals surface area (Å²) in [5, 5.41) is 0.217. The highest BCUT2D eigenvalue weighted by molar-refractivity contribution is 6.32. The lowest BCUT2D eigenvalue weighted by Crippen LogP contribution is -2.30. The maximum atomic E-state index is 12.3. The Hall–Kier alpha value is -1.29. The first-order valence-corrected chi connectivity index (χ1v) is 5.97. The van der Waals surface area contributed by atoms with E-state index in [-0.39, 0.29) is 16.5 Å². The van der Waals surface area contributed by atoms with Crippen LogP contribution in [0.2, 0.25) is 5.15 Å². The van der Waals surface area contributed by atoms with Gasteiger partial charge in [0, 0.05) is 13.1 Å². The van der Waals surface area contributed by atoms with Crippen LogP contribution >= 0.6 is 11.6 Å². The van der Waals surface area contributed by atoms with Crippen molar-refractivity contribution in [1.29, 1.82) is 0 Å². The number of anilines is 1. The lowest BCUT2D eigenvalue weighted by atomic mass is 9.93. The van der Waals surface area contributed by atoms with E-state index in [0.717, 1.165) is 19.5 Å². The Balaban J connectivity index is 2.23. The van der Waals surface area contributed by atoms with Crippen LogP contribution in [0.25, 0.3) is 0 Å². The van der Waals surface area contributed by atoms with E-state index in [9.17, 15) is 4.79 Å². The van der Waals surface area contributed by atoms with Crippen molar-refractivity contribution in [3.63, 3.8) is 0 Å². The van der Waals surface area contributed by atoms with Gasteiger partial charge < -0.3 is 10.6 Å². The van der Waals surface area contributed by atoms with Crippen molar-refractivity contribution >= 4 is 23.2 Å². The molecule has 17 heavy (non-hydrogen) atoms. The Kier molecular flexibility index (Phi) is 3.00. The fourth-order valence-corrected chi connectivity index (χ4v) is 2.25. The van der Waals surface area contributed by atoms with Crippen LogP contribution < -0.4 is 5.73 Å². The largest absolute Gasteiger partial charge is 0.397 e. The topological polar surface area (TPSA) is 59.2 Å². The first-order chi connectivity index (χ1) is 7.89. The number of halogens is 1. The number of carbonyl (C=O) groups excluding carboxylic acids is 1. The van der Waals surface area contributed by atoms with Gasteiger partial charge >= 0.3 is 0 Å². The molecule has 0 radical (unpaired) electrons. The minimum atomic E-state index is -0.0830. The van der Waals surface area contributed by atoms with Gasteiger partial charge in [-0.25, -0.2) is 4.98 Å². The summed E-state index contributed by atoms with van der Waals surface area (Å²) in [6.45, 7) is 5.81. The van der Waals surface area contributed by atoms with E-state index in [1.807, 2.05) is 4.90 Å². The van der Waals surface area contributed by atoms with Gasteiger partial charge in [-0.15, -0.1) is 0 Å². The first-order valence-electron chi connectivity index (χ1n) is 5.59. The van der Waals surface area contributed by atoms with Gasteiger partial charge in [-0.05, 0) is 17.9 Å². The molecule has 1 saturated heterocycles. The van der Waals surface area contributed by atoms with Crippen molar-refractivity contribution < 1.29 is 4.79 Å². The lowest BCUT2D eigenvalue weighted by Gasteiger charge is -2.20. The minimum Gasteiger partial charge on any atom is -0.397 e. The van der Waals surface area contributed by atoms with Crippen LogP contribution in [0.4, 0.5) is 5.69 Å². The Morgan fingerprint density at radius 2 is 2.29 bits per heavy atom. The number of nitrogens with zero attached hydrogens (tertiary/aromatic N) is 2. The molecule has 1 fully saturated rings. The molecule has 1 aliphatic heterocycles.